The molecule has 2 aromatic heterocycles. The molecule has 0 radical (unpaired) electrons. The first kappa shape index (κ1) is 21.8. The number of carbonyl (C=O) groups is 1. The van der Waals surface area contributed by atoms with Gasteiger partial charge in [0.05, 0.1) is 25.3 Å². The van der Waals surface area contributed by atoms with Crippen LogP contribution in [0, 0.1) is 5.82 Å². The van der Waals surface area contributed by atoms with Gasteiger partial charge in [0, 0.05) is 16.1 Å². The van der Waals surface area contributed by atoms with Crippen LogP contribution >= 0.6 is 11.3 Å². The number of amides is 2. The van der Waals surface area contributed by atoms with Gasteiger partial charge >= 0.3 is 6.03 Å². The monoisotopic (exact) mass is 476 g/mol. The average molecular weight is 477 g/mol. The van der Waals surface area contributed by atoms with Crippen molar-refractivity contribution in [2.24, 2.45) is 0 Å². The molecule has 1 aliphatic rings. The normalized spacial score (nSPS) is 16.0. The topological polar surface area (TPSA) is 80.5 Å². The first-order valence-corrected chi connectivity index (χ1v) is 11.5. The lowest BCUT2D eigenvalue weighted by atomic mass is 9.94. The number of aromatic nitrogens is 2. The van der Waals surface area contributed by atoms with Gasteiger partial charge in [-0.25, -0.2) is 9.18 Å². The Kier molecular flexibility index (Phi) is 5.85. The van der Waals surface area contributed by atoms with Gasteiger partial charge in [0.2, 0.25) is 5.82 Å². The van der Waals surface area contributed by atoms with Gasteiger partial charge in [-0.3, -0.25) is 4.90 Å². The number of methoxy groups -OCH3 is 1. The zero-order chi connectivity index (χ0) is 23.7. The minimum atomic E-state index is -0.646. The smallest absolute Gasteiger partial charge is 0.322 e. The molecule has 34 heavy (non-hydrogen) atoms. The van der Waals surface area contributed by atoms with Crippen LogP contribution in [-0.2, 0) is 6.54 Å². The number of benzene rings is 2. The van der Waals surface area contributed by atoms with Crippen molar-refractivity contribution in [1.29, 1.82) is 0 Å². The number of rotatable bonds is 6. The molecule has 5 rings (SSSR count). The van der Waals surface area contributed by atoms with Crippen molar-refractivity contribution in [2.75, 3.05) is 7.11 Å². The van der Waals surface area contributed by atoms with Gasteiger partial charge in [-0.15, -0.1) is 11.3 Å². The van der Waals surface area contributed by atoms with Gasteiger partial charge in [-0.1, -0.05) is 23.4 Å². The molecular weight excluding hydrogens is 455 g/mol. The quantitative estimate of drug-likeness (QED) is 0.389. The third kappa shape index (κ3) is 4.17. The molecule has 9 heteroatoms. The van der Waals surface area contributed by atoms with Crippen molar-refractivity contribution in [3.63, 3.8) is 0 Å². The second-order valence-corrected chi connectivity index (χ2v) is 8.79. The lowest BCUT2D eigenvalue weighted by Crippen LogP contribution is -2.45. The summed E-state index contributed by atoms with van der Waals surface area (Å²) >= 11 is 1.57. The molecule has 2 aromatic carbocycles. The lowest BCUT2D eigenvalue weighted by molar-refractivity contribution is 0.203. The number of hydrogen-bond acceptors (Lipinski definition) is 6. The highest BCUT2D eigenvalue weighted by Crippen LogP contribution is 2.38. The van der Waals surface area contributed by atoms with Gasteiger partial charge in [0.25, 0.3) is 5.89 Å². The fourth-order valence-corrected chi connectivity index (χ4v) is 4.63. The number of nitrogens with zero attached hydrogens (tertiary/aromatic N) is 3. The summed E-state index contributed by atoms with van der Waals surface area (Å²) < 4.78 is 24.9. The molecular formula is C25H21FN4O3S. The minimum Gasteiger partial charge on any atom is -0.497 e. The summed E-state index contributed by atoms with van der Waals surface area (Å²) in [5.41, 5.74) is 2.62. The number of ether oxygens (including phenoxy) is 1. The van der Waals surface area contributed by atoms with E-state index in [2.05, 4.69) is 15.5 Å². The fourth-order valence-electron chi connectivity index (χ4n) is 3.93. The Morgan fingerprint density at radius 1 is 1.18 bits per heavy atom. The summed E-state index contributed by atoms with van der Waals surface area (Å²) in [6.45, 7) is 2.24. The predicted octanol–water partition coefficient (Wildman–Crippen LogP) is 5.64. The van der Waals surface area contributed by atoms with Crippen molar-refractivity contribution in [1.82, 2.24) is 20.4 Å². The number of hydrogen-bond donors (Lipinski definition) is 1. The van der Waals surface area contributed by atoms with Gasteiger partial charge in [-0.05, 0) is 60.3 Å². The Hall–Kier alpha value is -3.98. The molecule has 0 saturated heterocycles. The Labute approximate surface area is 199 Å². The molecule has 0 saturated carbocycles. The third-order valence-electron chi connectivity index (χ3n) is 5.68. The Morgan fingerprint density at radius 3 is 2.71 bits per heavy atom. The molecule has 4 aromatic rings. The Bertz CT molecular complexity index is 1350. The first-order valence-electron chi connectivity index (χ1n) is 10.6. The van der Waals surface area contributed by atoms with E-state index >= 15 is 0 Å². The fraction of sp³-hybridized carbons (Fsp3) is 0.160. The molecule has 172 valence electrons. The zero-order valence-corrected chi connectivity index (χ0v) is 19.3. The van der Waals surface area contributed by atoms with E-state index in [1.165, 1.54) is 12.1 Å². The number of thiophene rings is 1. The van der Waals surface area contributed by atoms with Crippen LogP contribution in [0.25, 0.3) is 17.0 Å². The van der Waals surface area contributed by atoms with Crippen LogP contribution in [0.4, 0.5) is 9.18 Å². The summed E-state index contributed by atoms with van der Waals surface area (Å²) in [5, 5.41) is 9.11. The summed E-state index contributed by atoms with van der Waals surface area (Å²) in [6, 6.07) is 16.4. The SMILES string of the molecule is COc1ccc(-c2noc(C3=C(C)N(Cc4cccs4)C(=O)NC3c3cccc(F)c3)n2)cc1. The average Bonchev–Trinajstić information content (AvgIpc) is 3.54. The van der Waals surface area contributed by atoms with Crippen LogP contribution in [0.2, 0.25) is 0 Å². The van der Waals surface area contributed by atoms with Crippen molar-refractivity contribution in [3.8, 4) is 17.1 Å². The minimum absolute atomic E-state index is 0.258. The second-order valence-electron chi connectivity index (χ2n) is 7.75. The highest BCUT2D eigenvalue weighted by Gasteiger charge is 2.36. The molecule has 2 amide bonds. The molecule has 3 heterocycles. The van der Waals surface area contributed by atoms with E-state index < -0.39 is 11.9 Å². The van der Waals surface area contributed by atoms with Crippen molar-refractivity contribution in [2.45, 2.75) is 19.5 Å². The number of nitrogens with one attached hydrogen (secondary N) is 1. The second kappa shape index (κ2) is 9.11. The maximum absolute atomic E-state index is 14.1. The molecule has 1 N–H and O–H groups in total. The van der Waals surface area contributed by atoms with Crippen LogP contribution in [0.15, 0.2) is 76.3 Å². The molecule has 0 spiro atoms. The summed E-state index contributed by atoms with van der Waals surface area (Å²) in [6.07, 6.45) is 0. The first-order chi connectivity index (χ1) is 16.5. The van der Waals surface area contributed by atoms with Crippen LogP contribution in [0.1, 0.15) is 29.3 Å². The maximum atomic E-state index is 14.1. The van der Waals surface area contributed by atoms with E-state index in [-0.39, 0.29) is 11.9 Å². The van der Waals surface area contributed by atoms with Crippen LogP contribution in [0.3, 0.4) is 0 Å². The number of urea groups is 1. The Balaban J connectivity index is 1.58. The molecule has 1 aliphatic heterocycles. The van der Waals surface area contributed by atoms with E-state index in [0.717, 1.165) is 16.2 Å². The van der Waals surface area contributed by atoms with Gasteiger partial charge in [0.15, 0.2) is 0 Å². The van der Waals surface area contributed by atoms with Crippen molar-refractivity contribution >= 4 is 22.9 Å². The highest BCUT2D eigenvalue weighted by atomic mass is 32.1. The molecule has 1 unspecified atom stereocenters. The molecule has 0 aliphatic carbocycles. The van der Waals surface area contributed by atoms with Gasteiger partial charge in [0.1, 0.15) is 11.6 Å². The van der Waals surface area contributed by atoms with E-state index in [1.54, 1.807) is 35.5 Å². The maximum Gasteiger partial charge on any atom is 0.322 e. The predicted molar refractivity (Wildman–Crippen MR) is 126 cm³/mol. The van der Waals surface area contributed by atoms with E-state index in [4.69, 9.17) is 9.26 Å². The molecule has 0 bridgehead atoms. The third-order valence-corrected chi connectivity index (χ3v) is 6.54. The lowest BCUT2D eigenvalue weighted by Gasteiger charge is -2.35. The zero-order valence-electron chi connectivity index (χ0n) is 18.5. The van der Waals surface area contributed by atoms with Crippen LogP contribution < -0.4 is 10.1 Å². The van der Waals surface area contributed by atoms with Crippen molar-refractivity contribution < 1.29 is 18.4 Å². The Morgan fingerprint density at radius 2 is 2.00 bits per heavy atom. The molecule has 7 nitrogen and oxygen atoms in total. The van der Waals surface area contributed by atoms with Crippen LogP contribution in [0.5, 0.6) is 5.75 Å². The van der Waals surface area contributed by atoms with E-state index in [1.807, 2.05) is 48.7 Å². The standard InChI is InChI=1S/C25H21FN4O3S/c1-15-21(24-28-23(29-33-24)16-8-10-19(32-2)11-9-16)22(17-5-3-6-18(26)13-17)27-25(31)30(15)14-20-7-4-12-34-20/h3-13,22H,14H2,1-2H3,(H,27,31). The van der Waals surface area contributed by atoms with E-state index in [9.17, 15) is 9.18 Å². The highest BCUT2D eigenvalue weighted by molar-refractivity contribution is 7.09. The summed E-state index contributed by atoms with van der Waals surface area (Å²) in [4.78, 5) is 20.4. The van der Waals surface area contributed by atoms with Crippen LogP contribution in [-0.4, -0.2) is 28.2 Å². The number of allylic oxidation sites excluding steroid dienone is 1. The molecule has 0 fully saturated rings. The van der Waals surface area contributed by atoms with Gasteiger partial charge < -0.3 is 14.6 Å². The van der Waals surface area contributed by atoms with E-state index in [0.29, 0.717) is 29.2 Å². The van der Waals surface area contributed by atoms with Gasteiger partial charge in [-0.2, -0.15) is 4.98 Å². The largest absolute Gasteiger partial charge is 0.497 e. The summed E-state index contributed by atoms with van der Waals surface area (Å²) in [5.74, 6) is 0.983. The molecule has 1 atom stereocenters. The summed E-state index contributed by atoms with van der Waals surface area (Å²) in [7, 11) is 1.60. The van der Waals surface area contributed by atoms with Crippen molar-refractivity contribution in [3.05, 3.63) is 93.9 Å². The number of carbonyl (C=O) groups excluding carboxylic acids is 1. The number of halogens is 1.